The lowest BCUT2D eigenvalue weighted by Gasteiger charge is -2.27. The molecule has 1 N–H and O–H groups in total. The summed E-state index contributed by atoms with van der Waals surface area (Å²) in [6.45, 7) is 6.85. The number of halogens is 1. The first-order valence-corrected chi connectivity index (χ1v) is 7.35. The van der Waals surface area contributed by atoms with Crippen LogP contribution in [-0.4, -0.2) is 59.1 Å². The van der Waals surface area contributed by atoms with Crippen LogP contribution in [0.2, 0.25) is 0 Å². The Morgan fingerprint density at radius 2 is 1.95 bits per heavy atom. The van der Waals surface area contributed by atoms with Gasteiger partial charge in [-0.2, -0.15) is 0 Å². The molecular formula is C16H23FN2O2. The third kappa shape index (κ3) is 4.51. The van der Waals surface area contributed by atoms with E-state index < -0.39 is 11.4 Å². The SMILES string of the molecule is CC(C)(O)CN1CCCN(C(=O)c2ccccc2F)CC1. The van der Waals surface area contributed by atoms with Crippen LogP contribution in [0, 0.1) is 5.82 Å². The Balaban J connectivity index is 2.00. The van der Waals surface area contributed by atoms with Crippen molar-refractivity contribution in [3.8, 4) is 0 Å². The molecule has 0 bridgehead atoms. The molecule has 0 unspecified atom stereocenters. The summed E-state index contributed by atoms with van der Waals surface area (Å²) in [4.78, 5) is 16.2. The smallest absolute Gasteiger partial charge is 0.256 e. The fourth-order valence-corrected chi connectivity index (χ4v) is 2.68. The Kier molecular flexibility index (Phi) is 4.96. The fraction of sp³-hybridized carbons (Fsp3) is 0.562. The number of aliphatic hydroxyl groups is 1. The van der Waals surface area contributed by atoms with Crippen molar-refractivity contribution in [2.75, 3.05) is 32.7 Å². The summed E-state index contributed by atoms with van der Waals surface area (Å²) in [5, 5.41) is 9.88. The fourth-order valence-electron chi connectivity index (χ4n) is 2.68. The van der Waals surface area contributed by atoms with Crippen molar-refractivity contribution in [1.29, 1.82) is 0 Å². The zero-order valence-electron chi connectivity index (χ0n) is 12.7. The van der Waals surface area contributed by atoms with Gasteiger partial charge in [0.2, 0.25) is 0 Å². The average molecular weight is 294 g/mol. The van der Waals surface area contributed by atoms with Crippen molar-refractivity contribution in [2.24, 2.45) is 0 Å². The summed E-state index contributed by atoms with van der Waals surface area (Å²) in [6.07, 6.45) is 0.830. The van der Waals surface area contributed by atoms with E-state index in [0.717, 1.165) is 13.0 Å². The third-order valence-corrected chi connectivity index (χ3v) is 3.59. The van der Waals surface area contributed by atoms with Crippen molar-refractivity contribution < 1.29 is 14.3 Å². The maximum Gasteiger partial charge on any atom is 0.256 e. The molecule has 5 heteroatoms. The molecule has 1 fully saturated rings. The van der Waals surface area contributed by atoms with Gasteiger partial charge in [0, 0.05) is 32.7 Å². The van der Waals surface area contributed by atoms with Gasteiger partial charge in [-0.1, -0.05) is 12.1 Å². The molecule has 1 aliphatic heterocycles. The third-order valence-electron chi connectivity index (χ3n) is 3.59. The molecule has 0 aromatic heterocycles. The van der Waals surface area contributed by atoms with Crippen molar-refractivity contribution in [3.63, 3.8) is 0 Å². The normalized spacial score (nSPS) is 17.6. The second kappa shape index (κ2) is 6.54. The molecule has 1 saturated heterocycles. The molecule has 1 heterocycles. The van der Waals surface area contributed by atoms with Crippen LogP contribution in [0.5, 0.6) is 0 Å². The summed E-state index contributed by atoms with van der Waals surface area (Å²) < 4.78 is 13.7. The molecule has 0 radical (unpaired) electrons. The van der Waals surface area contributed by atoms with Crippen LogP contribution in [0.4, 0.5) is 4.39 Å². The zero-order chi connectivity index (χ0) is 15.5. The number of amides is 1. The Morgan fingerprint density at radius 3 is 2.62 bits per heavy atom. The Hall–Kier alpha value is -1.46. The molecule has 1 amide bonds. The van der Waals surface area contributed by atoms with Crippen LogP contribution in [0.1, 0.15) is 30.6 Å². The van der Waals surface area contributed by atoms with E-state index in [1.807, 2.05) is 0 Å². The van der Waals surface area contributed by atoms with Crippen molar-refractivity contribution in [2.45, 2.75) is 25.9 Å². The molecule has 21 heavy (non-hydrogen) atoms. The van der Waals surface area contributed by atoms with E-state index in [4.69, 9.17) is 0 Å². The number of hydrogen-bond donors (Lipinski definition) is 1. The zero-order valence-corrected chi connectivity index (χ0v) is 12.7. The molecule has 2 rings (SSSR count). The maximum absolute atomic E-state index is 13.7. The molecule has 0 atom stereocenters. The highest BCUT2D eigenvalue weighted by Crippen LogP contribution is 2.14. The van der Waals surface area contributed by atoms with Gasteiger partial charge in [-0.15, -0.1) is 0 Å². The number of carbonyl (C=O) groups excluding carboxylic acids is 1. The van der Waals surface area contributed by atoms with E-state index in [1.165, 1.54) is 12.1 Å². The molecular weight excluding hydrogens is 271 g/mol. The molecule has 0 saturated carbocycles. The highest BCUT2D eigenvalue weighted by molar-refractivity contribution is 5.94. The lowest BCUT2D eigenvalue weighted by Crippen LogP contribution is -2.41. The van der Waals surface area contributed by atoms with Gasteiger partial charge in [0.25, 0.3) is 5.91 Å². The summed E-state index contributed by atoms with van der Waals surface area (Å²) in [6, 6.07) is 6.09. The minimum absolute atomic E-state index is 0.133. The number of rotatable bonds is 3. The van der Waals surface area contributed by atoms with Crippen molar-refractivity contribution >= 4 is 5.91 Å². The second-order valence-electron chi connectivity index (χ2n) is 6.21. The molecule has 1 aromatic rings. The maximum atomic E-state index is 13.7. The monoisotopic (exact) mass is 294 g/mol. The van der Waals surface area contributed by atoms with Crippen molar-refractivity contribution in [1.82, 2.24) is 9.80 Å². The highest BCUT2D eigenvalue weighted by atomic mass is 19.1. The van der Waals surface area contributed by atoms with Crippen molar-refractivity contribution in [3.05, 3.63) is 35.6 Å². The van der Waals surface area contributed by atoms with Gasteiger partial charge in [-0.3, -0.25) is 9.69 Å². The molecule has 4 nitrogen and oxygen atoms in total. The average Bonchev–Trinajstić information content (AvgIpc) is 2.62. The van der Waals surface area contributed by atoms with Gasteiger partial charge in [0.05, 0.1) is 11.2 Å². The number of β-amino-alcohol motifs (C(OH)–C–C–N with tert-alkyl or cyclic N) is 1. The molecule has 1 aromatic carbocycles. The minimum Gasteiger partial charge on any atom is -0.389 e. The summed E-state index contributed by atoms with van der Waals surface area (Å²) in [7, 11) is 0. The quantitative estimate of drug-likeness (QED) is 0.923. The lowest BCUT2D eigenvalue weighted by molar-refractivity contribution is 0.0374. The van der Waals surface area contributed by atoms with Gasteiger partial charge in [0.15, 0.2) is 0 Å². The van der Waals surface area contributed by atoms with E-state index in [2.05, 4.69) is 4.90 Å². The molecule has 1 aliphatic rings. The number of benzene rings is 1. The standard InChI is InChI=1S/C16H23FN2O2/c1-16(2,21)12-18-8-5-9-19(11-10-18)15(20)13-6-3-4-7-14(13)17/h3-4,6-7,21H,5,8-12H2,1-2H3. The van der Waals surface area contributed by atoms with Gasteiger partial charge in [0.1, 0.15) is 5.82 Å². The van der Waals surface area contributed by atoms with E-state index in [-0.39, 0.29) is 11.5 Å². The van der Waals surface area contributed by atoms with Gasteiger partial charge < -0.3 is 10.0 Å². The largest absolute Gasteiger partial charge is 0.389 e. The van der Waals surface area contributed by atoms with Crippen LogP contribution in [-0.2, 0) is 0 Å². The second-order valence-corrected chi connectivity index (χ2v) is 6.21. The van der Waals surface area contributed by atoms with E-state index in [0.29, 0.717) is 26.2 Å². The van der Waals surface area contributed by atoms with Crippen LogP contribution < -0.4 is 0 Å². The molecule has 0 aliphatic carbocycles. The first kappa shape index (κ1) is 15.9. The number of hydrogen-bond acceptors (Lipinski definition) is 3. The molecule has 0 spiro atoms. The van der Waals surface area contributed by atoms with Crippen LogP contribution in [0.25, 0.3) is 0 Å². The highest BCUT2D eigenvalue weighted by Gasteiger charge is 2.24. The molecule has 116 valence electrons. The Labute approximate surface area is 125 Å². The van der Waals surface area contributed by atoms with E-state index >= 15 is 0 Å². The van der Waals surface area contributed by atoms with Gasteiger partial charge >= 0.3 is 0 Å². The summed E-state index contributed by atoms with van der Waals surface area (Å²) in [5.41, 5.74) is -0.613. The minimum atomic E-state index is -0.745. The van der Waals surface area contributed by atoms with Gasteiger partial charge in [-0.05, 0) is 32.4 Å². The van der Waals surface area contributed by atoms with E-state index in [9.17, 15) is 14.3 Å². The van der Waals surface area contributed by atoms with Crippen LogP contribution >= 0.6 is 0 Å². The summed E-state index contributed by atoms with van der Waals surface area (Å²) in [5.74, 6) is -0.724. The Bertz CT molecular complexity index is 499. The van der Waals surface area contributed by atoms with E-state index in [1.54, 1.807) is 30.9 Å². The van der Waals surface area contributed by atoms with Crippen LogP contribution in [0.15, 0.2) is 24.3 Å². The predicted molar refractivity (Wildman–Crippen MR) is 79.7 cm³/mol. The predicted octanol–water partition coefficient (Wildman–Crippen LogP) is 1.74. The number of nitrogens with zero attached hydrogens (tertiary/aromatic N) is 2. The van der Waals surface area contributed by atoms with Crippen LogP contribution in [0.3, 0.4) is 0 Å². The lowest BCUT2D eigenvalue weighted by atomic mass is 10.1. The number of carbonyl (C=O) groups is 1. The first-order chi connectivity index (χ1) is 9.87. The topological polar surface area (TPSA) is 43.8 Å². The Morgan fingerprint density at radius 1 is 1.24 bits per heavy atom. The first-order valence-electron chi connectivity index (χ1n) is 7.35. The summed E-state index contributed by atoms with van der Waals surface area (Å²) >= 11 is 0. The van der Waals surface area contributed by atoms with Gasteiger partial charge in [-0.25, -0.2) is 4.39 Å².